The van der Waals surface area contributed by atoms with E-state index in [0.29, 0.717) is 6.54 Å². The molecule has 0 aliphatic heterocycles. The molecule has 0 amide bonds. The zero-order chi connectivity index (χ0) is 9.72. The minimum Gasteiger partial charge on any atom is -0.476 e. The molecule has 5 heteroatoms. The monoisotopic (exact) mass is 172 g/mol. The fourth-order valence-corrected chi connectivity index (χ4v) is 0.505. The lowest BCUT2D eigenvalue weighted by Gasteiger charge is -2.09. The van der Waals surface area contributed by atoms with E-state index in [4.69, 9.17) is 5.11 Å². The number of hydrazone groups is 1. The van der Waals surface area contributed by atoms with Gasteiger partial charge in [0.05, 0.1) is 0 Å². The molecule has 0 aromatic carbocycles. The van der Waals surface area contributed by atoms with Crippen LogP contribution in [-0.2, 0) is 9.59 Å². The van der Waals surface area contributed by atoms with E-state index in [-0.39, 0.29) is 0 Å². The fourth-order valence-electron chi connectivity index (χ4n) is 0.505. The molecule has 0 aromatic rings. The molecule has 0 atom stereocenters. The van der Waals surface area contributed by atoms with Gasteiger partial charge in [-0.2, -0.15) is 5.10 Å². The highest BCUT2D eigenvalue weighted by molar-refractivity contribution is 6.63. The third-order valence-electron chi connectivity index (χ3n) is 1.26. The van der Waals surface area contributed by atoms with Gasteiger partial charge in [-0.1, -0.05) is 0 Å². The molecule has 0 aliphatic rings. The normalized spacial score (nSPS) is 11.1. The number of hydrogen-bond donors (Lipinski definition) is 1. The Labute approximate surface area is 70.7 Å². The molecule has 0 fully saturated rings. The van der Waals surface area contributed by atoms with Crippen LogP contribution in [0, 0.1) is 0 Å². The number of rotatable bonds is 4. The van der Waals surface area contributed by atoms with Crippen molar-refractivity contribution in [1.82, 2.24) is 5.01 Å². The lowest BCUT2D eigenvalue weighted by molar-refractivity contribution is -0.130. The van der Waals surface area contributed by atoms with E-state index in [0.717, 1.165) is 0 Å². The number of nitrogens with zero attached hydrogens (tertiary/aromatic N) is 2. The Kier molecular flexibility index (Phi) is 3.96. The van der Waals surface area contributed by atoms with E-state index in [2.05, 4.69) is 5.10 Å². The maximum Gasteiger partial charge on any atom is 0.360 e. The van der Waals surface area contributed by atoms with E-state index in [1.54, 1.807) is 7.05 Å². The molecule has 68 valence electrons. The Morgan fingerprint density at radius 1 is 1.50 bits per heavy atom. The van der Waals surface area contributed by atoms with Gasteiger partial charge in [0.2, 0.25) is 5.71 Å². The average Bonchev–Trinajstić information content (AvgIpc) is 1.98. The molecule has 0 bridgehead atoms. The van der Waals surface area contributed by atoms with Crippen molar-refractivity contribution in [2.75, 3.05) is 13.6 Å². The first kappa shape index (κ1) is 10.6. The molecule has 0 spiro atoms. The molecule has 0 saturated heterocycles. The van der Waals surface area contributed by atoms with Crippen LogP contribution in [0.25, 0.3) is 0 Å². The van der Waals surface area contributed by atoms with Crippen LogP contribution < -0.4 is 0 Å². The van der Waals surface area contributed by atoms with Crippen molar-refractivity contribution in [3.8, 4) is 0 Å². The Bertz CT molecular complexity index is 207. The third-order valence-corrected chi connectivity index (χ3v) is 1.26. The second-order valence-corrected chi connectivity index (χ2v) is 2.28. The number of carboxylic acid groups (broad SMARTS) is 1. The van der Waals surface area contributed by atoms with Gasteiger partial charge in [0, 0.05) is 20.5 Å². The summed E-state index contributed by atoms with van der Waals surface area (Å²) in [7, 11) is 1.60. The van der Waals surface area contributed by atoms with Crippen LogP contribution in [0.2, 0.25) is 0 Å². The molecule has 5 nitrogen and oxygen atoms in total. The minimum absolute atomic E-state index is 0.431. The first-order valence-electron chi connectivity index (χ1n) is 3.53. The third kappa shape index (κ3) is 3.14. The molecule has 0 aliphatic carbocycles. The maximum absolute atomic E-state index is 10.7. The van der Waals surface area contributed by atoms with Crippen LogP contribution in [0.15, 0.2) is 5.10 Å². The van der Waals surface area contributed by atoms with E-state index in [1.807, 2.05) is 6.92 Å². The first-order valence-corrected chi connectivity index (χ1v) is 3.53. The number of ketones is 1. The molecule has 12 heavy (non-hydrogen) atoms. The lowest BCUT2D eigenvalue weighted by Crippen LogP contribution is -2.25. The summed E-state index contributed by atoms with van der Waals surface area (Å²) in [5.74, 6) is -1.83. The lowest BCUT2D eigenvalue weighted by atomic mass is 10.3. The van der Waals surface area contributed by atoms with Crippen molar-refractivity contribution in [3.05, 3.63) is 0 Å². The largest absolute Gasteiger partial charge is 0.476 e. The fraction of sp³-hybridized carbons (Fsp3) is 0.571. The summed E-state index contributed by atoms with van der Waals surface area (Å²) in [5.41, 5.74) is -0.431. The van der Waals surface area contributed by atoms with Crippen LogP contribution >= 0.6 is 0 Å². The number of aliphatic carboxylic acids is 1. The van der Waals surface area contributed by atoms with Gasteiger partial charge >= 0.3 is 5.97 Å². The zero-order valence-electron chi connectivity index (χ0n) is 7.37. The second kappa shape index (κ2) is 4.48. The summed E-state index contributed by atoms with van der Waals surface area (Å²) >= 11 is 0. The van der Waals surface area contributed by atoms with Crippen molar-refractivity contribution >= 4 is 17.5 Å². The summed E-state index contributed by atoms with van der Waals surface area (Å²) in [5, 5.41) is 13.5. The summed E-state index contributed by atoms with van der Waals surface area (Å²) in [6, 6.07) is 0. The van der Waals surface area contributed by atoms with Crippen LogP contribution in [0.3, 0.4) is 0 Å². The summed E-state index contributed by atoms with van der Waals surface area (Å²) in [6.07, 6.45) is 0. The topological polar surface area (TPSA) is 70.0 Å². The van der Waals surface area contributed by atoms with Crippen LogP contribution in [0.1, 0.15) is 13.8 Å². The van der Waals surface area contributed by atoms with Gasteiger partial charge in [-0.05, 0) is 6.92 Å². The average molecular weight is 172 g/mol. The summed E-state index contributed by atoms with van der Waals surface area (Å²) < 4.78 is 0. The summed E-state index contributed by atoms with van der Waals surface area (Å²) in [4.78, 5) is 21.1. The Morgan fingerprint density at radius 2 is 2.00 bits per heavy atom. The number of carbonyl (C=O) groups excluding carboxylic acids is 1. The van der Waals surface area contributed by atoms with Crippen LogP contribution in [0.5, 0.6) is 0 Å². The van der Waals surface area contributed by atoms with Gasteiger partial charge in [0.15, 0.2) is 5.78 Å². The van der Waals surface area contributed by atoms with Gasteiger partial charge in [-0.15, -0.1) is 0 Å². The van der Waals surface area contributed by atoms with Gasteiger partial charge in [0.25, 0.3) is 0 Å². The Balaban J connectivity index is 4.61. The van der Waals surface area contributed by atoms with Crippen molar-refractivity contribution < 1.29 is 14.7 Å². The molecule has 0 heterocycles. The van der Waals surface area contributed by atoms with E-state index in [9.17, 15) is 9.59 Å². The van der Waals surface area contributed by atoms with Crippen molar-refractivity contribution in [2.24, 2.45) is 5.10 Å². The smallest absolute Gasteiger partial charge is 0.360 e. The second-order valence-electron chi connectivity index (χ2n) is 2.28. The quantitative estimate of drug-likeness (QED) is 0.367. The molecule has 0 rings (SSSR count). The van der Waals surface area contributed by atoms with Crippen molar-refractivity contribution in [1.29, 1.82) is 0 Å². The molecular formula is C7H12N2O3. The predicted molar refractivity (Wildman–Crippen MR) is 44.1 cm³/mol. The molecule has 1 N–H and O–H groups in total. The van der Waals surface area contributed by atoms with E-state index >= 15 is 0 Å². The minimum atomic E-state index is -1.29. The van der Waals surface area contributed by atoms with Crippen LogP contribution in [-0.4, -0.2) is 41.2 Å². The Hall–Kier alpha value is -1.39. The number of hydrogen-bond acceptors (Lipinski definition) is 4. The number of carboxylic acids is 1. The maximum atomic E-state index is 10.7. The molecule has 0 radical (unpaired) electrons. The number of carbonyl (C=O) groups is 2. The van der Waals surface area contributed by atoms with Crippen molar-refractivity contribution in [3.63, 3.8) is 0 Å². The van der Waals surface area contributed by atoms with Gasteiger partial charge in [-0.3, -0.25) is 9.80 Å². The van der Waals surface area contributed by atoms with E-state index < -0.39 is 17.5 Å². The zero-order valence-corrected chi connectivity index (χ0v) is 7.37. The summed E-state index contributed by atoms with van der Waals surface area (Å²) in [6.45, 7) is 3.55. The highest BCUT2D eigenvalue weighted by Crippen LogP contribution is 1.88. The first-order chi connectivity index (χ1) is 5.49. The molecule has 0 saturated carbocycles. The van der Waals surface area contributed by atoms with E-state index in [1.165, 1.54) is 11.9 Å². The highest BCUT2D eigenvalue weighted by Gasteiger charge is 2.15. The standard InChI is InChI=1S/C7H12N2O3/c1-4-9(3)8-6(5(2)10)7(11)12/h4H2,1-3H3,(H,11,12). The molecular weight excluding hydrogens is 160 g/mol. The SMILES string of the molecule is CCN(C)N=C(C(C)=O)C(=O)O. The van der Waals surface area contributed by atoms with Gasteiger partial charge in [-0.25, -0.2) is 4.79 Å². The van der Waals surface area contributed by atoms with Gasteiger partial charge < -0.3 is 5.11 Å². The van der Waals surface area contributed by atoms with Crippen molar-refractivity contribution in [2.45, 2.75) is 13.8 Å². The number of Topliss-reactive ketones (excluding diaryl/α,β-unsaturated/α-hetero) is 1. The Morgan fingerprint density at radius 3 is 2.25 bits per heavy atom. The molecule has 0 aromatic heterocycles. The highest BCUT2D eigenvalue weighted by atomic mass is 16.4. The molecule has 0 unspecified atom stereocenters. The van der Waals surface area contributed by atoms with Gasteiger partial charge in [0.1, 0.15) is 0 Å². The van der Waals surface area contributed by atoms with Crippen LogP contribution in [0.4, 0.5) is 0 Å². The predicted octanol–water partition coefficient (Wildman–Crippen LogP) is -0.0323.